The number of hydrogen-bond donors (Lipinski definition) is 0. The maximum Gasteiger partial charge on any atom is 0.0641 e. The first-order valence-corrected chi connectivity index (χ1v) is 7.23. The summed E-state index contributed by atoms with van der Waals surface area (Å²) in [5.41, 5.74) is 2.54. The van der Waals surface area contributed by atoms with Crippen LogP contribution in [-0.4, -0.2) is 26.8 Å². The molecule has 1 aromatic rings. The summed E-state index contributed by atoms with van der Waals surface area (Å²) < 4.78 is 6.47. The molecule has 4 heteroatoms. The van der Waals surface area contributed by atoms with Crippen LogP contribution in [0.15, 0.2) is 22.7 Å². The van der Waals surface area contributed by atoms with Gasteiger partial charge in [0.1, 0.15) is 0 Å². The van der Waals surface area contributed by atoms with E-state index in [1.807, 2.05) is 6.92 Å². The molecule has 0 atom stereocenters. The highest BCUT2D eigenvalue weighted by atomic mass is 79.9. The molecule has 0 saturated carbocycles. The second-order valence-electron chi connectivity index (χ2n) is 3.53. The van der Waals surface area contributed by atoms with E-state index < -0.39 is 0 Å². The van der Waals surface area contributed by atoms with E-state index in [-0.39, 0.29) is 0 Å². The van der Waals surface area contributed by atoms with E-state index in [1.165, 1.54) is 11.3 Å². The third-order valence-electron chi connectivity index (χ3n) is 2.38. The average molecular weight is 351 g/mol. The van der Waals surface area contributed by atoms with Crippen molar-refractivity contribution in [3.05, 3.63) is 28.2 Å². The molecule has 1 aromatic carbocycles. The predicted molar refractivity (Wildman–Crippen MR) is 76.5 cm³/mol. The standard InChI is InChI=1S/C12H17Br2NO/c1-3-16-7-6-15(2)12-8-11(14)5-4-10(12)9-13/h4-5,8H,3,6-7,9H2,1-2H3. The SMILES string of the molecule is CCOCCN(C)c1cc(Br)ccc1CBr. The van der Waals surface area contributed by atoms with Crippen molar-refractivity contribution in [1.29, 1.82) is 0 Å². The number of rotatable bonds is 6. The lowest BCUT2D eigenvalue weighted by atomic mass is 10.2. The van der Waals surface area contributed by atoms with Gasteiger partial charge in [0.2, 0.25) is 0 Å². The van der Waals surface area contributed by atoms with Gasteiger partial charge in [0, 0.05) is 35.7 Å². The number of alkyl halides is 1. The molecular formula is C12H17Br2NO. The molecule has 0 aliphatic rings. The molecule has 0 unspecified atom stereocenters. The van der Waals surface area contributed by atoms with Crippen LogP contribution < -0.4 is 4.90 Å². The van der Waals surface area contributed by atoms with Crippen molar-refractivity contribution in [2.24, 2.45) is 0 Å². The predicted octanol–water partition coefficient (Wildman–Crippen LogP) is 3.82. The van der Waals surface area contributed by atoms with Crippen molar-refractivity contribution in [1.82, 2.24) is 0 Å². The van der Waals surface area contributed by atoms with E-state index in [2.05, 4.69) is 62.0 Å². The van der Waals surface area contributed by atoms with Crippen molar-refractivity contribution >= 4 is 37.5 Å². The van der Waals surface area contributed by atoms with Crippen LogP contribution in [0.2, 0.25) is 0 Å². The van der Waals surface area contributed by atoms with E-state index in [4.69, 9.17) is 4.74 Å². The summed E-state index contributed by atoms with van der Waals surface area (Å²) in [6.45, 7) is 4.46. The summed E-state index contributed by atoms with van der Waals surface area (Å²) >= 11 is 7.01. The van der Waals surface area contributed by atoms with Gasteiger partial charge in [-0.15, -0.1) is 0 Å². The Labute approximate surface area is 114 Å². The van der Waals surface area contributed by atoms with Crippen molar-refractivity contribution < 1.29 is 4.74 Å². The molecule has 0 aromatic heterocycles. The van der Waals surface area contributed by atoms with E-state index in [1.54, 1.807) is 0 Å². The van der Waals surface area contributed by atoms with Gasteiger partial charge in [-0.1, -0.05) is 37.9 Å². The summed E-state index contributed by atoms with van der Waals surface area (Å²) in [4.78, 5) is 2.22. The van der Waals surface area contributed by atoms with Gasteiger partial charge in [-0.3, -0.25) is 0 Å². The van der Waals surface area contributed by atoms with Crippen LogP contribution in [-0.2, 0) is 10.1 Å². The molecule has 0 N–H and O–H groups in total. The van der Waals surface area contributed by atoms with Crippen LogP contribution in [0.25, 0.3) is 0 Å². The third-order valence-corrected chi connectivity index (χ3v) is 3.48. The normalized spacial score (nSPS) is 10.5. The number of hydrogen-bond acceptors (Lipinski definition) is 2. The van der Waals surface area contributed by atoms with Crippen molar-refractivity contribution in [2.75, 3.05) is 31.7 Å². The van der Waals surface area contributed by atoms with Crippen molar-refractivity contribution in [2.45, 2.75) is 12.3 Å². The summed E-state index contributed by atoms with van der Waals surface area (Å²) in [5.74, 6) is 0. The fraction of sp³-hybridized carbons (Fsp3) is 0.500. The minimum atomic E-state index is 0.765. The molecule has 1 rings (SSSR count). The minimum absolute atomic E-state index is 0.765. The Morgan fingerprint density at radius 1 is 1.38 bits per heavy atom. The topological polar surface area (TPSA) is 12.5 Å². The Kier molecular flexibility index (Phi) is 6.39. The second-order valence-corrected chi connectivity index (χ2v) is 5.00. The number of halogens is 2. The summed E-state index contributed by atoms with van der Waals surface area (Å²) in [7, 11) is 2.09. The number of anilines is 1. The maximum absolute atomic E-state index is 5.36. The molecule has 0 amide bonds. The molecule has 0 aliphatic carbocycles. The second kappa shape index (κ2) is 7.30. The Morgan fingerprint density at radius 3 is 2.75 bits per heavy atom. The van der Waals surface area contributed by atoms with Crippen LogP contribution in [0.3, 0.4) is 0 Å². The largest absolute Gasteiger partial charge is 0.380 e. The molecule has 90 valence electrons. The Morgan fingerprint density at radius 2 is 2.12 bits per heavy atom. The maximum atomic E-state index is 5.36. The van der Waals surface area contributed by atoms with Gasteiger partial charge in [-0.25, -0.2) is 0 Å². The molecule has 0 aliphatic heterocycles. The van der Waals surface area contributed by atoms with Gasteiger partial charge < -0.3 is 9.64 Å². The van der Waals surface area contributed by atoms with E-state index >= 15 is 0 Å². The smallest absolute Gasteiger partial charge is 0.0641 e. The highest BCUT2D eigenvalue weighted by molar-refractivity contribution is 9.10. The lowest BCUT2D eigenvalue weighted by Gasteiger charge is -2.22. The minimum Gasteiger partial charge on any atom is -0.380 e. The van der Waals surface area contributed by atoms with Crippen LogP contribution in [0.1, 0.15) is 12.5 Å². The number of nitrogens with zero attached hydrogens (tertiary/aromatic N) is 1. The Bertz CT molecular complexity index is 331. The zero-order valence-corrected chi connectivity index (χ0v) is 12.8. The molecule has 0 heterocycles. The van der Waals surface area contributed by atoms with Gasteiger partial charge in [0.15, 0.2) is 0 Å². The molecule has 0 fully saturated rings. The summed E-state index contributed by atoms with van der Waals surface area (Å²) in [5, 5.41) is 0.870. The Hall–Kier alpha value is -0.0600. The molecule has 0 saturated heterocycles. The van der Waals surface area contributed by atoms with Gasteiger partial charge in [0.05, 0.1) is 6.61 Å². The fourth-order valence-corrected chi connectivity index (χ4v) is 2.29. The van der Waals surface area contributed by atoms with Gasteiger partial charge >= 0.3 is 0 Å². The lowest BCUT2D eigenvalue weighted by Crippen LogP contribution is -2.23. The van der Waals surface area contributed by atoms with Crippen LogP contribution in [0.5, 0.6) is 0 Å². The van der Waals surface area contributed by atoms with Crippen LogP contribution in [0.4, 0.5) is 5.69 Å². The molecule has 0 bridgehead atoms. The molecule has 0 spiro atoms. The highest BCUT2D eigenvalue weighted by Crippen LogP contribution is 2.26. The quantitative estimate of drug-likeness (QED) is 0.571. The van der Waals surface area contributed by atoms with Crippen molar-refractivity contribution in [3.63, 3.8) is 0 Å². The van der Waals surface area contributed by atoms with Gasteiger partial charge in [0.25, 0.3) is 0 Å². The number of benzene rings is 1. The molecule has 0 radical (unpaired) electrons. The molecular weight excluding hydrogens is 334 g/mol. The van der Waals surface area contributed by atoms with Gasteiger partial charge in [-0.05, 0) is 24.6 Å². The average Bonchev–Trinajstić information content (AvgIpc) is 2.29. The van der Waals surface area contributed by atoms with E-state index in [9.17, 15) is 0 Å². The zero-order valence-electron chi connectivity index (χ0n) is 9.67. The monoisotopic (exact) mass is 349 g/mol. The highest BCUT2D eigenvalue weighted by Gasteiger charge is 2.07. The lowest BCUT2D eigenvalue weighted by molar-refractivity contribution is 0.154. The van der Waals surface area contributed by atoms with Crippen LogP contribution >= 0.6 is 31.9 Å². The summed E-state index contributed by atoms with van der Waals surface area (Å²) in [6.07, 6.45) is 0. The van der Waals surface area contributed by atoms with E-state index in [0.29, 0.717) is 0 Å². The van der Waals surface area contributed by atoms with E-state index in [0.717, 1.165) is 29.6 Å². The number of likely N-dealkylation sites (N-methyl/N-ethyl adjacent to an activating group) is 1. The van der Waals surface area contributed by atoms with Gasteiger partial charge in [-0.2, -0.15) is 0 Å². The summed E-state index contributed by atoms with van der Waals surface area (Å²) in [6, 6.07) is 6.34. The third kappa shape index (κ3) is 4.07. The number of ether oxygens (including phenoxy) is 1. The fourth-order valence-electron chi connectivity index (χ4n) is 1.47. The molecule has 2 nitrogen and oxygen atoms in total. The van der Waals surface area contributed by atoms with Crippen molar-refractivity contribution in [3.8, 4) is 0 Å². The Balaban J connectivity index is 2.72. The molecule has 16 heavy (non-hydrogen) atoms. The zero-order chi connectivity index (χ0) is 12.0. The first-order valence-electron chi connectivity index (χ1n) is 5.32. The van der Waals surface area contributed by atoms with Crippen LogP contribution in [0, 0.1) is 0 Å². The first kappa shape index (κ1) is 14.0. The first-order chi connectivity index (χ1) is 7.69.